The summed E-state index contributed by atoms with van der Waals surface area (Å²) in [5.41, 5.74) is 2.29. The Kier molecular flexibility index (Phi) is 6.95. The van der Waals surface area contributed by atoms with E-state index in [-0.39, 0.29) is 6.03 Å². The lowest BCUT2D eigenvalue weighted by Crippen LogP contribution is -2.37. The number of hydrogen-bond donors (Lipinski definition) is 2. The minimum absolute atomic E-state index is 0.212. The van der Waals surface area contributed by atoms with Gasteiger partial charge in [-0.05, 0) is 41.8 Å². The van der Waals surface area contributed by atoms with Gasteiger partial charge in [0.2, 0.25) is 0 Å². The minimum atomic E-state index is -0.212. The van der Waals surface area contributed by atoms with Crippen LogP contribution in [0.2, 0.25) is 0 Å². The van der Waals surface area contributed by atoms with Crippen LogP contribution in [-0.4, -0.2) is 26.3 Å². The average molecular weight is 328 g/mol. The smallest absolute Gasteiger partial charge is 0.315 e. The molecule has 5 nitrogen and oxygen atoms in total. The van der Waals surface area contributed by atoms with E-state index >= 15 is 0 Å². The average Bonchev–Trinajstić information content (AvgIpc) is 2.64. The molecule has 2 aromatic rings. The molecule has 2 rings (SSSR count). The molecule has 2 N–H and O–H groups in total. The maximum atomic E-state index is 11.7. The summed E-state index contributed by atoms with van der Waals surface area (Å²) in [6, 6.07) is 15.3. The first-order valence-electron chi connectivity index (χ1n) is 8.07. The summed E-state index contributed by atoms with van der Waals surface area (Å²) in [4.78, 5) is 11.7. The van der Waals surface area contributed by atoms with Crippen LogP contribution in [0.1, 0.15) is 18.1 Å². The second-order valence-corrected chi connectivity index (χ2v) is 5.30. The molecule has 2 aromatic carbocycles. The molecular weight excluding hydrogens is 304 g/mol. The first-order chi connectivity index (χ1) is 11.7. The van der Waals surface area contributed by atoms with Crippen molar-refractivity contribution in [3.05, 3.63) is 59.7 Å². The van der Waals surface area contributed by atoms with Crippen LogP contribution in [0.15, 0.2) is 48.5 Å². The Labute approximate surface area is 143 Å². The molecule has 0 heterocycles. The zero-order chi connectivity index (χ0) is 17.2. The predicted octanol–water partition coefficient (Wildman–Crippen LogP) is 3.14. The first kappa shape index (κ1) is 17.7. The van der Waals surface area contributed by atoms with Crippen molar-refractivity contribution in [2.45, 2.75) is 19.9 Å². The fraction of sp³-hybridized carbons (Fsp3) is 0.316. The van der Waals surface area contributed by atoms with Crippen molar-refractivity contribution in [3.63, 3.8) is 0 Å². The van der Waals surface area contributed by atoms with E-state index in [1.165, 1.54) is 5.56 Å². The Hall–Kier alpha value is -2.69. The number of amides is 2. The van der Waals surface area contributed by atoms with Crippen molar-refractivity contribution < 1.29 is 14.3 Å². The van der Waals surface area contributed by atoms with Crippen molar-refractivity contribution >= 4 is 6.03 Å². The van der Waals surface area contributed by atoms with Crippen molar-refractivity contribution in [1.82, 2.24) is 10.6 Å². The van der Waals surface area contributed by atoms with E-state index in [1.54, 1.807) is 7.11 Å². The molecule has 2 amide bonds. The van der Waals surface area contributed by atoms with Gasteiger partial charge < -0.3 is 20.1 Å². The van der Waals surface area contributed by atoms with Crippen LogP contribution in [0.4, 0.5) is 4.79 Å². The first-order valence-corrected chi connectivity index (χ1v) is 8.07. The Morgan fingerprint density at radius 1 is 0.917 bits per heavy atom. The largest absolute Gasteiger partial charge is 0.497 e. The Balaban J connectivity index is 1.62. The summed E-state index contributed by atoms with van der Waals surface area (Å²) < 4.78 is 10.7. The number of methoxy groups -OCH3 is 1. The molecule has 0 aliphatic rings. The number of hydrogen-bond acceptors (Lipinski definition) is 3. The van der Waals surface area contributed by atoms with Crippen LogP contribution >= 0.6 is 0 Å². The second-order valence-electron chi connectivity index (χ2n) is 5.30. The summed E-state index contributed by atoms with van der Waals surface area (Å²) in [6.07, 6.45) is 1.01. The lowest BCUT2D eigenvalue weighted by Gasteiger charge is -2.10. The molecule has 0 aliphatic heterocycles. The van der Waals surface area contributed by atoms with Crippen LogP contribution in [0, 0.1) is 0 Å². The highest BCUT2D eigenvalue weighted by Crippen LogP contribution is 2.12. The Bertz CT molecular complexity index is 624. The molecule has 0 fully saturated rings. The third-order valence-electron chi connectivity index (χ3n) is 3.60. The number of carbonyl (C=O) groups is 1. The van der Waals surface area contributed by atoms with E-state index in [1.807, 2.05) is 48.5 Å². The van der Waals surface area contributed by atoms with Crippen LogP contribution in [0.25, 0.3) is 0 Å². The zero-order valence-corrected chi connectivity index (χ0v) is 14.2. The maximum Gasteiger partial charge on any atom is 0.315 e. The van der Waals surface area contributed by atoms with E-state index in [4.69, 9.17) is 9.47 Å². The highest BCUT2D eigenvalue weighted by atomic mass is 16.5. The van der Waals surface area contributed by atoms with Gasteiger partial charge in [-0.3, -0.25) is 0 Å². The number of carbonyl (C=O) groups excluding carboxylic acids is 1. The van der Waals surface area contributed by atoms with Gasteiger partial charge in [0.25, 0.3) is 0 Å². The number of nitrogens with one attached hydrogen (secondary N) is 2. The van der Waals surface area contributed by atoms with Crippen LogP contribution in [0.3, 0.4) is 0 Å². The lowest BCUT2D eigenvalue weighted by atomic mass is 10.2. The molecule has 0 unspecified atom stereocenters. The van der Waals surface area contributed by atoms with Gasteiger partial charge in [-0.2, -0.15) is 0 Å². The van der Waals surface area contributed by atoms with Crippen molar-refractivity contribution in [3.8, 4) is 11.5 Å². The minimum Gasteiger partial charge on any atom is -0.497 e. The van der Waals surface area contributed by atoms with Crippen molar-refractivity contribution in [2.24, 2.45) is 0 Å². The van der Waals surface area contributed by atoms with Crippen molar-refractivity contribution in [2.75, 3.05) is 20.3 Å². The third-order valence-corrected chi connectivity index (χ3v) is 3.60. The zero-order valence-electron chi connectivity index (χ0n) is 14.2. The van der Waals surface area contributed by atoms with Crippen LogP contribution < -0.4 is 20.1 Å². The molecule has 24 heavy (non-hydrogen) atoms. The fourth-order valence-corrected chi connectivity index (χ4v) is 2.14. The number of urea groups is 1. The summed E-state index contributed by atoms with van der Waals surface area (Å²) in [5, 5.41) is 5.57. The predicted molar refractivity (Wildman–Crippen MR) is 94.5 cm³/mol. The molecule has 0 aromatic heterocycles. The van der Waals surface area contributed by atoms with Crippen molar-refractivity contribution in [1.29, 1.82) is 0 Å². The summed E-state index contributed by atoms with van der Waals surface area (Å²) in [6.45, 7) is 3.46. The maximum absolute atomic E-state index is 11.7. The van der Waals surface area contributed by atoms with Gasteiger partial charge >= 0.3 is 6.03 Å². The van der Waals surface area contributed by atoms with Gasteiger partial charge in [0.05, 0.1) is 13.7 Å². The summed E-state index contributed by atoms with van der Waals surface area (Å²) in [7, 11) is 1.63. The topological polar surface area (TPSA) is 59.6 Å². The molecule has 0 aliphatic carbocycles. The van der Waals surface area contributed by atoms with Gasteiger partial charge in [-0.25, -0.2) is 4.79 Å². The third kappa shape index (κ3) is 5.83. The van der Waals surface area contributed by atoms with Crippen LogP contribution in [-0.2, 0) is 13.0 Å². The Morgan fingerprint density at radius 2 is 1.54 bits per heavy atom. The van der Waals surface area contributed by atoms with Gasteiger partial charge in [0.15, 0.2) is 0 Å². The van der Waals surface area contributed by atoms with Gasteiger partial charge in [0, 0.05) is 6.54 Å². The number of ether oxygens (including phenoxy) is 2. The molecule has 0 saturated carbocycles. The molecule has 0 bridgehead atoms. The van der Waals surface area contributed by atoms with E-state index in [0.717, 1.165) is 23.5 Å². The second kappa shape index (κ2) is 9.45. The molecule has 0 spiro atoms. The fourth-order valence-electron chi connectivity index (χ4n) is 2.14. The standard InChI is InChI=1S/C19H24N2O3/c1-3-15-4-10-18(11-5-15)24-13-12-20-19(22)21-14-16-6-8-17(23-2)9-7-16/h4-11H,3,12-14H2,1-2H3,(H2,20,21,22). The summed E-state index contributed by atoms with van der Waals surface area (Å²) >= 11 is 0. The van der Waals surface area contributed by atoms with Gasteiger partial charge in [0.1, 0.15) is 18.1 Å². The lowest BCUT2D eigenvalue weighted by molar-refractivity contribution is 0.236. The monoisotopic (exact) mass is 328 g/mol. The van der Waals surface area contributed by atoms with E-state index in [9.17, 15) is 4.79 Å². The van der Waals surface area contributed by atoms with Gasteiger partial charge in [-0.1, -0.05) is 31.2 Å². The Morgan fingerprint density at radius 3 is 2.17 bits per heavy atom. The number of aryl methyl sites for hydroxylation is 1. The normalized spacial score (nSPS) is 10.1. The molecule has 0 atom stereocenters. The van der Waals surface area contributed by atoms with E-state index in [2.05, 4.69) is 17.6 Å². The van der Waals surface area contributed by atoms with E-state index in [0.29, 0.717) is 19.7 Å². The highest BCUT2D eigenvalue weighted by molar-refractivity contribution is 5.73. The van der Waals surface area contributed by atoms with E-state index < -0.39 is 0 Å². The molecule has 5 heteroatoms. The quantitative estimate of drug-likeness (QED) is 0.732. The summed E-state index contributed by atoms with van der Waals surface area (Å²) in [5.74, 6) is 1.61. The number of benzene rings is 2. The molecular formula is C19H24N2O3. The number of rotatable bonds is 8. The molecule has 0 radical (unpaired) electrons. The molecule has 0 saturated heterocycles. The highest BCUT2D eigenvalue weighted by Gasteiger charge is 2.01. The van der Waals surface area contributed by atoms with Crippen LogP contribution in [0.5, 0.6) is 11.5 Å². The SMILES string of the molecule is CCc1ccc(OCCNC(=O)NCc2ccc(OC)cc2)cc1. The van der Waals surface area contributed by atoms with Gasteiger partial charge in [-0.15, -0.1) is 0 Å². The molecule has 128 valence electrons.